The number of rotatable bonds is 6. The maximum Gasteiger partial charge on any atom is 0.218 e. The molecular weight excluding hydrogens is 266 g/mol. The van der Waals surface area contributed by atoms with Gasteiger partial charge in [0.15, 0.2) is 0 Å². The summed E-state index contributed by atoms with van der Waals surface area (Å²) in [6.45, 7) is 10.6. The average Bonchev–Trinajstić information content (AvgIpc) is 2.70. The quantitative estimate of drug-likeness (QED) is 0.845. The molecule has 118 valence electrons. The minimum atomic E-state index is 0.628. The third-order valence-electron chi connectivity index (χ3n) is 3.68. The van der Waals surface area contributed by atoms with Crippen LogP contribution in [0.4, 0.5) is 5.82 Å². The van der Waals surface area contributed by atoms with Crippen molar-refractivity contribution in [1.29, 1.82) is 0 Å². The zero-order valence-electron chi connectivity index (χ0n) is 13.2. The molecule has 2 heterocycles. The topological polar surface area (TPSA) is 67.5 Å². The highest BCUT2D eigenvalue weighted by Crippen LogP contribution is 2.19. The molecule has 1 aromatic heterocycles. The van der Waals surface area contributed by atoms with E-state index in [1.54, 1.807) is 0 Å². The van der Waals surface area contributed by atoms with Gasteiger partial charge in [0, 0.05) is 25.7 Å². The second kappa shape index (κ2) is 8.14. The highest BCUT2D eigenvalue weighted by Gasteiger charge is 2.17. The molecule has 2 N–H and O–H groups in total. The molecule has 1 aliphatic heterocycles. The van der Waals surface area contributed by atoms with Crippen LogP contribution in [0.2, 0.25) is 0 Å². The van der Waals surface area contributed by atoms with E-state index in [1.807, 2.05) is 19.9 Å². The minimum absolute atomic E-state index is 0.628. The van der Waals surface area contributed by atoms with E-state index < -0.39 is 0 Å². The molecule has 2 rings (SSSR count). The van der Waals surface area contributed by atoms with E-state index in [9.17, 15) is 0 Å². The van der Waals surface area contributed by atoms with Crippen molar-refractivity contribution in [3.63, 3.8) is 0 Å². The molecule has 6 nitrogen and oxygen atoms in total. The monoisotopic (exact) mass is 293 g/mol. The first-order valence-corrected chi connectivity index (χ1v) is 7.88. The standard InChI is InChI=1S/C15H27N5O/c1-3-21-15-12-14(17-13(2)18-15)20-9-5-8-19(10-11-20)7-4-6-16/h12H,3-11,16H2,1-2H3. The number of hydrogen-bond donors (Lipinski definition) is 1. The number of anilines is 1. The molecule has 0 unspecified atom stereocenters. The van der Waals surface area contributed by atoms with Crippen molar-refractivity contribution in [1.82, 2.24) is 14.9 Å². The highest BCUT2D eigenvalue weighted by molar-refractivity contribution is 5.42. The van der Waals surface area contributed by atoms with Crippen LogP contribution in [0.25, 0.3) is 0 Å². The summed E-state index contributed by atoms with van der Waals surface area (Å²) in [5.74, 6) is 2.41. The van der Waals surface area contributed by atoms with Crippen LogP contribution in [0, 0.1) is 6.92 Å². The number of aryl methyl sites for hydroxylation is 1. The van der Waals surface area contributed by atoms with Crippen LogP contribution < -0.4 is 15.4 Å². The summed E-state index contributed by atoms with van der Waals surface area (Å²) in [5, 5.41) is 0. The molecule has 0 radical (unpaired) electrons. The van der Waals surface area contributed by atoms with Crippen LogP contribution in [0.15, 0.2) is 6.07 Å². The fourth-order valence-electron chi connectivity index (χ4n) is 2.65. The number of hydrogen-bond acceptors (Lipinski definition) is 6. The minimum Gasteiger partial charge on any atom is -0.478 e. The first-order valence-electron chi connectivity index (χ1n) is 7.88. The normalized spacial score (nSPS) is 16.8. The Hall–Kier alpha value is -1.40. The van der Waals surface area contributed by atoms with Crippen molar-refractivity contribution < 1.29 is 4.74 Å². The Morgan fingerprint density at radius 2 is 2.10 bits per heavy atom. The largest absolute Gasteiger partial charge is 0.478 e. The lowest BCUT2D eigenvalue weighted by molar-refractivity contribution is 0.291. The number of aromatic nitrogens is 2. The summed E-state index contributed by atoms with van der Waals surface area (Å²) in [4.78, 5) is 13.7. The maximum atomic E-state index is 5.60. The van der Waals surface area contributed by atoms with Gasteiger partial charge in [0.25, 0.3) is 0 Å². The van der Waals surface area contributed by atoms with Crippen LogP contribution in [0.1, 0.15) is 25.6 Å². The maximum absolute atomic E-state index is 5.60. The Labute approximate surface area is 127 Å². The van der Waals surface area contributed by atoms with E-state index in [0.29, 0.717) is 12.5 Å². The molecule has 1 aliphatic rings. The lowest BCUT2D eigenvalue weighted by Gasteiger charge is -2.23. The highest BCUT2D eigenvalue weighted by atomic mass is 16.5. The Bertz CT molecular complexity index is 440. The molecule has 0 bridgehead atoms. The SMILES string of the molecule is CCOc1cc(N2CCCN(CCCN)CC2)nc(C)n1. The molecule has 0 spiro atoms. The van der Waals surface area contributed by atoms with Crippen molar-refractivity contribution in [3.05, 3.63) is 11.9 Å². The van der Waals surface area contributed by atoms with E-state index in [2.05, 4.69) is 19.8 Å². The van der Waals surface area contributed by atoms with Gasteiger partial charge in [-0.25, -0.2) is 4.98 Å². The van der Waals surface area contributed by atoms with E-state index >= 15 is 0 Å². The van der Waals surface area contributed by atoms with E-state index in [4.69, 9.17) is 10.5 Å². The predicted octanol–water partition coefficient (Wildman–Crippen LogP) is 1.04. The molecular formula is C15H27N5O. The third-order valence-corrected chi connectivity index (χ3v) is 3.68. The second-order valence-electron chi connectivity index (χ2n) is 5.37. The Morgan fingerprint density at radius 3 is 2.86 bits per heavy atom. The molecule has 0 aromatic carbocycles. The molecule has 1 fully saturated rings. The Morgan fingerprint density at radius 1 is 1.24 bits per heavy atom. The van der Waals surface area contributed by atoms with Crippen molar-refractivity contribution in [3.8, 4) is 5.88 Å². The summed E-state index contributed by atoms with van der Waals surface area (Å²) in [6, 6.07) is 1.95. The first kappa shape index (κ1) is 16.0. The summed E-state index contributed by atoms with van der Waals surface area (Å²) in [7, 11) is 0. The van der Waals surface area contributed by atoms with Gasteiger partial charge in [-0.3, -0.25) is 0 Å². The zero-order chi connectivity index (χ0) is 15.1. The molecule has 0 atom stereocenters. The van der Waals surface area contributed by atoms with Crippen LogP contribution >= 0.6 is 0 Å². The van der Waals surface area contributed by atoms with Crippen LogP contribution in [-0.4, -0.2) is 60.7 Å². The molecule has 0 aliphatic carbocycles. The molecule has 21 heavy (non-hydrogen) atoms. The van der Waals surface area contributed by atoms with Gasteiger partial charge >= 0.3 is 0 Å². The molecule has 1 saturated heterocycles. The lowest BCUT2D eigenvalue weighted by Crippen LogP contribution is -2.32. The molecule has 6 heteroatoms. The number of nitrogens with zero attached hydrogens (tertiary/aromatic N) is 4. The zero-order valence-corrected chi connectivity index (χ0v) is 13.2. The van der Waals surface area contributed by atoms with E-state index in [-0.39, 0.29) is 0 Å². The van der Waals surface area contributed by atoms with Crippen molar-refractivity contribution in [2.75, 3.05) is 50.8 Å². The summed E-state index contributed by atoms with van der Waals surface area (Å²) in [5.41, 5.74) is 5.60. The van der Waals surface area contributed by atoms with Crippen LogP contribution in [-0.2, 0) is 0 Å². The summed E-state index contributed by atoms with van der Waals surface area (Å²) >= 11 is 0. The van der Waals surface area contributed by atoms with Gasteiger partial charge < -0.3 is 20.3 Å². The molecule has 0 amide bonds. The predicted molar refractivity (Wildman–Crippen MR) is 84.9 cm³/mol. The first-order chi connectivity index (χ1) is 10.2. The summed E-state index contributed by atoms with van der Waals surface area (Å²) < 4.78 is 5.52. The van der Waals surface area contributed by atoms with Crippen molar-refractivity contribution >= 4 is 5.82 Å². The van der Waals surface area contributed by atoms with E-state index in [0.717, 1.165) is 63.8 Å². The lowest BCUT2D eigenvalue weighted by atomic mass is 10.3. The number of ether oxygens (including phenoxy) is 1. The fourth-order valence-corrected chi connectivity index (χ4v) is 2.65. The Kier molecular flexibility index (Phi) is 6.20. The van der Waals surface area contributed by atoms with Crippen LogP contribution in [0.5, 0.6) is 5.88 Å². The van der Waals surface area contributed by atoms with Gasteiger partial charge in [-0.2, -0.15) is 4.98 Å². The van der Waals surface area contributed by atoms with Gasteiger partial charge in [0.05, 0.1) is 6.61 Å². The van der Waals surface area contributed by atoms with Gasteiger partial charge in [-0.1, -0.05) is 0 Å². The third kappa shape index (κ3) is 4.82. The van der Waals surface area contributed by atoms with Gasteiger partial charge in [-0.05, 0) is 46.3 Å². The van der Waals surface area contributed by atoms with Gasteiger partial charge in [-0.15, -0.1) is 0 Å². The van der Waals surface area contributed by atoms with Gasteiger partial charge in [0.2, 0.25) is 5.88 Å². The second-order valence-corrected chi connectivity index (χ2v) is 5.37. The van der Waals surface area contributed by atoms with E-state index in [1.165, 1.54) is 0 Å². The van der Waals surface area contributed by atoms with Crippen molar-refractivity contribution in [2.45, 2.75) is 26.7 Å². The average molecular weight is 293 g/mol. The van der Waals surface area contributed by atoms with Gasteiger partial charge in [0.1, 0.15) is 11.6 Å². The smallest absolute Gasteiger partial charge is 0.218 e. The molecule has 1 aromatic rings. The fraction of sp³-hybridized carbons (Fsp3) is 0.733. The number of nitrogens with two attached hydrogens (primary N) is 1. The van der Waals surface area contributed by atoms with Crippen LogP contribution in [0.3, 0.4) is 0 Å². The molecule has 0 saturated carbocycles. The summed E-state index contributed by atoms with van der Waals surface area (Å²) in [6.07, 6.45) is 2.22. The Balaban J connectivity index is 2.01. The van der Waals surface area contributed by atoms with Crippen molar-refractivity contribution in [2.24, 2.45) is 5.73 Å².